The highest BCUT2D eigenvalue weighted by Gasteiger charge is 2.81. The van der Waals surface area contributed by atoms with E-state index in [4.69, 9.17) is 30.6 Å². The van der Waals surface area contributed by atoms with E-state index in [1.54, 1.807) is 0 Å². The third-order valence-corrected chi connectivity index (χ3v) is 2.49. The molecule has 0 fully saturated rings. The minimum Gasteiger partial charge on any atom is -0.480 e. The molecule has 0 amide bonds. The van der Waals surface area contributed by atoms with Crippen molar-refractivity contribution in [3.8, 4) is 0 Å². The number of rotatable bonds is 7. The van der Waals surface area contributed by atoms with Crippen LogP contribution in [-0.4, -0.2) is 66.5 Å². The summed E-state index contributed by atoms with van der Waals surface area (Å²) in [5.74, 6) is -17.8. The van der Waals surface area contributed by atoms with E-state index >= 15 is 0 Å². The van der Waals surface area contributed by atoms with Gasteiger partial charge in [-0.2, -0.15) is 0 Å². The first-order valence-corrected chi connectivity index (χ1v) is 4.32. The SMILES string of the molecule is O=C(O)C(C(=O)O)(C(=O)O)C(C(=O)O)(C(=O)O)C(=O)O. The summed E-state index contributed by atoms with van der Waals surface area (Å²) in [7, 11) is 0. The zero-order valence-corrected chi connectivity index (χ0v) is 9.13. The molecule has 0 bridgehead atoms. The molecule has 0 radical (unpaired) electrons. The fourth-order valence-corrected chi connectivity index (χ4v) is 1.51. The van der Waals surface area contributed by atoms with Crippen molar-refractivity contribution < 1.29 is 59.4 Å². The Morgan fingerprint density at radius 2 is 0.500 bits per heavy atom. The van der Waals surface area contributed by atoms with Gasteiger partial charge in [0.05, 0.1) is 0 Å². The second-order valence-electron chi connectivity index (χ2n) is 3.33. The second kappa shape index (κ2) is 4.83. The summed E-state index contributed by atoms with van der Waals surface area (Å²) in [6.45, 7) is 0. The van der Waals surface area contributed by atoms with Crippen LogP contribution in [0.1, 0.15) is 0 Å². The predicted molar refractivity (Wildman–Crippen MR) is 50.7 cm³/mol. The maximum absolute atomic E-state index is 10.9. The Labute approximate surface area is 107 Å². The van der Waals surface area contributed by atoms with Crippen LogP contribution in [0, 0.1) is 10.8 Å². The van der Waals surface area contributed by atoms with Crippen LogP contribution in [0.4, 0.5) is 0 Å². The summed E-state index contributed by atoms with van der Waals surface area (Å²) in [5.41, 5.74) is -9.34. The first-order valence-electron chi connectivity index (χ1n) is 4.32. The minimum atomic E-state index is -4.67. The van der Waals surface area contributed by atoms with Crippen LogP contribution in [0.3, 0.4) is 0 Å². The van der Waals surface area contributed by atoms with E-state index in [1.807, 2.05) is 0 Å². The minimum absolute atomic E-state index is 2.97. The van der Waals surface area contributed by atoms with Gasteiger partial charge in [-0.3, -0.25) is 28.8 Å². The molecule has 0 saturated carbocycles. The van der Waals surface area contributed by atoms with Crippen molar-refractivity contribution in [1.29, 1.82) is 0 Å². The van der Waals surface area contributed by atoms with Gasteiger partial charge in [-0.15, -0.1) is 0 Å². The molecule has 20 heavy (non-hydrogen) atoms. The van der Waals surface area contributed by atoms with Crippen molar-refractivity contribution in [2.45, 2.75) is 0 Å². The van der Waals surface area contributed by atoms with Gasteiger partial charge in [-0.05, 0) is 0 Å². The van der Waals surface area contributed by atoms with Gasteiger partial charge < -0.3 is 30.6 Å². The number of carbonyl (C=O) groups is 6. The Balaban J connectivity index is 7.12. The van der Waals surface area contributed by atoms with Crippen LogP contribution in [0.2, 0.25) is 0 Å². The monoisotopic (exact) mass is 294 g/mol. The van der Waals surface area contributed by atoms with Crippen molar-refractivity contribution in [3.63, 3.8) is 0 Å². The number of carboxylic acid groups (broad SMARTS) is 6. The average Bonchev–Trinajstić information content (AvgIpc) is 2.21. The second-order valence-corrected chi connectivity index (χ2v) is 3.33. The fraction of sp³-hybridized carbons (Fsp3) is 0.250. The molecule has 0 aromatic rings. The van der Waals surface area contributed by atoms with E-state index in [0.29, 0.717) is 0 Å². The number of hydrogen-bond donors (Lipinski definition) is 6. The van der Waals surface area contributed by atoms with Crippen molar-refractivity contribution >= 4 is 35.8 Å². The molecule has 0 aliphatic carbocycles. The van der Waals surface area contributed by atoms with Crippen LogP contribution in [0.5, 0.6) is 0 Å². The summed E-state index contributed by atoms with van der Waals surface area (Å²) in [6, 6.07) is 0. The molecule has 0 aliphatic heterocycles. The number of carboxylic acids is 6. The quantitative estimate of drug-likeness (QED) is 0.267. The lowest BCUT2D eigenvalue weighted by Crippen LogP contribution is -2.68. The first-order chi connectivity index (χ1) is 8.91. The van der Waals surface area contributed by atoms with Gasteiger partial charge >= 0.3 is 35.8 Å². The van der Waals surface area contributed by atoms with Crippen LogP contribution in [0.25, 0.3) is 0 Å². The number of aliphatic carboxylic acids is 6. The molecule has 12 nitrogen and oxygen atoms in total. The zero-order valence-electron chi connectivity index (χ0n) is 9.13. The lowest BCUT2D eigenvalue weighted by Gasteiger charge is -2.31. The molecule has 0 heterocycles. The highest BCUT2D eigenvalue weighted by molar-refractivity contribution is 6.32. The van der Waals surface area contributed by atoms with Gasteiger partial charge in [0.15, 0.2) is 0 Å². The van der Waals surface area contributed by atoms with Crippen molar-refractivity contribution in [2.24, 2.45) is 10.8 Å². The van der Waals surface area contributed by atoms with Gasteiger partial charge in [-0.1, -0.05) is 0 Å². The molecular weight excluding hydrogens is 288 g/mol. The van der Waals surface area contributed by atoms with Gasteiger partial charge in [0, 0.05) is 0 Å². The molecule has 12 heteroatoms. The maximum atomic E-state index is 10.9. The zero-order chi connectivity index (χ0) is 16.5. The van der Waals surface area contributed by atoms with Crippen molar-refractivity contribution in [3.05, 3.63) is 0 Å². The lowest BCUT2D eigenvalue weighted by molar-refractivity contribution is -0.207. The Morgan fingerprint density at radius 1 is 0.400 bits per heavy atom. The molecule has 0 unspecified atom stereocenters. The summed E-state index contributed by atoms with van der Waals surface area (Å²) < 4.78 is 0. The third kappa shape index (κ3) is 1.62. The highest BCUT2D eigenvalue weighted by Crippen LogP contribution is 2.42. The highest BCUT2D eigenvalue weighted by atomic mass is 16.4. The predicted octanol–water partition coefficient (Wildman–Crippen LogP) is -2.53. The summed E-state index contributed by atoms with van der Waals surface area (Å²) in [6.07, 6.45) is 0. The van der Waals surface area contributed by atoms with E-state index in [1.165, 1.54) is 0 Å². The fourth-order valence-electron chi connectivity index (χ4n) is 1.51. The molecule has 0 rings (SSSR count). The average molecular weight is 294 g/mol. The molecule has 0 aliphatic rings. The summed E-state index contributed by atoms with van der Waals surface area (Å²) in [5, 5.41) is 52.2. The van der Waals surface area contributed by atoms with E-state index in [9.17, 15) is 28.8 Å². The molecule has 0 aromatic carbocycles. The van der Waals surface area contributed by atoms with E-state index in [-0.39, 0.29) is 0 Å². The molecule has 0 atom stereocenters. The lowest BCUT2D eigenvalue weighted by atomic mass is 9.62. The summed E-state index contributed by atoms with van der Waals surface area (Å²) >= 11 is 0. The Bertz CT molecular complexity index is 407. The topological polar surface area (TPSA) is 224 Å². The molecule has 0 saturated heterocycles. The smallest absolute Gasteiger partial charge is 0.335 e. The van der Waals surface area contributed by atoms with Crippen LogP contribution >= 0.6 is 0 Å². The van der Waals surface area contributed by atoms with Gasteiger partial charge in [0.1, 0.15) is 0 Å². The van der Waals surface area contributed by atoms with Gasteiger partial charge in [0.25, 0.3) is 10.8 Å². The van der Waals surface area contributed by atoms with Gasteiger partial charge in [-0.25, -0.2) is 0 Å². The van der Waals surface area contributed by atoms with E-state index < -0.39 is 46.6 Å². The standard InChI is InChI=1S/C8H6O12/c9-1(10)7(2(11)12,3(13)14)8(4(15)16,5(17)18)6(19)20/h(H,9,10)(H,11,12)(H,13,14)(H,15,16)(H,17,18)(H,19,20). The maximum Gasteiger partial charge on any atom is 0.335 e. The molecule has 6 N–H and O–H groups in total. The third-order valence-electron chi connectivity index (χ3n) is 2.49. The van der Waals surface area contributed by atoms with Gasteiger partial charge in [0.2, 0.25) is 0 Å². The van der Waals surface area contributed by atoms with E-state index in [0.717, 1.165) is 0 Å². The molecular formula is C8H6O12. The molecule has 0 spiro atoms. The van der Waals surface area contributed by atoms with Crippen molar-refractivity contribution in [2.75, 3.05) is 0 Å². The molecule has 110 valence electrons. The normalized spacial score (nSPS) is 11.4. The van der Waals surface area contributed by atoms with Crippen LogP contribution < -0.4 is 0 Å². The largest absolute Gasteiger partial charge is 0.480 e. The molecule has 0 aromatic heterocycles. The van der Waals surface area contributed by atoms with Crippen LogP contribution in [-0.2, 0) is 28.8 Å². The van der Waals surface area contributed by atoms with Crippen molar-refractivity contribution in [1.82, 2.24) is 0 Å². The van der Waals surface area contributed by atoms with Crippen LogP contribution in [0.15, 0.2) is 0 Å². The summed E-state index contributed by atoms with van der Waals surface area (Å²) in [4.78, 5) is 65.5. The number of hydrogen-bond acceptors (Lipinski definition) is 6. The Hall–Kier alpha value is -3.18. The first kappa shape index (κ1) is 16.8. The Morgan fingerprint density at radius 3 is 0.550 bits per heavy atom. The van der Waals surface area contributed by atoms with E-state index in [2.05, 4.69) is 0 Å². The Kier molecular flexibility index (Phi) is 4.06.